The molecule has 110 valence electrons. The van der Waals surface area contributed by atoms with Crippen LogP contribution in [-0.2, 0) is 19.1 Å². The standard InChI is InChI=1S/C12H22N2O5/c1-8(2)5-9(12(17)18)13-10(15)6-14(3)11(16)7-19-4/h8-9H,5-7H2,1-4H3,(H,13,15)(H,17,18)/t9-/m1/s1. The molecule has 7 nitrogen and oxygen atoms in total. The number of aliphatic carboxylic acids is 1. The van der Waals surface area contributed by atoms with Gasteiger partial charge in [-0.15, -0.1) is 0 Å². The van der Waals surface area contributed by atoms with Crippen molar-refractivity contribution in [1.82, 2.24) is 10.2 Å². The molecule has 0 aliphatic carbocycles. The van der Waals surface area contributed by atoms with Gasteiger partial charge in [0.1, 0.15) is 12.6 Å². The van der Waals surface area contributed by atoms with Gasteiger partial charge in [-0.1, -0.05) is 13.8 Å². The average Bonchev–Trinajstić information content (AvgIpc) is 2.27. The molecule has 19 heavy (non-hydrogen) atoms. The van der Waals surface area contributed by atoms with Crippen LogP contribution < -0.4 is 5.32 Å². The number of hydrogen-bond donors (Lipinski definition) is 2. The minimum atomic E-state index is -1.08. The quantitative estimate of drug-likeness (QED) is 0.634. The molecule has 0 aliphatic rings. The van der Waals surface area contributed by atoms with Gasteiger partial charge in [-0.2, -0.15) is 0 Å². The van der Waals surface area contributed by atoms with Crippen LogP contribution in [0.2, 0.25) is 0 Å². The minimum absolute atomic E-state index is 0.113. The number of carbonyl (C=O) groups excluding carboxylic acids is 2. The average molecular weight is 274 g/mol. The lowest BCUT2D eigenvalue weighted by Gasteiger charge is -2.20. The second-order valence-electron chi connectivity index (χ2n) is 4.77. The van der Waals surface area contributed by atoms with Crippen LogP contribution in [0.4, 0.5) is 0 Å². The van der Waals surface area contributed by atoms with E-state index in [1.165, 1.54) is 19.1 Å². The molecule has 0 bridgehead atoms. The number of carbonyl (C=O) groups is 3. The molecule has 0 aliphatic heterocycles. The van der Waals surface area contributed by atoms with Crippen molar-refractivity contribution in [3.8, 4) is 0 Å². The number of carboxylic acid groups (broad SMARTS) is 1. The number of hydrogen-bond acceptors (Lipinski definition) is 4. The largest absolute Gasteiger partial charge is 0.480 e. The molecular weight excluding hydrogens is 252 g/mol. The molecular formula is C12H22N2O5. The van der Waals surface area contributed by atoms with Gasteiger partial charge in [-0.05, 0) is 12.3 Å². The van der Waals surface area contributed by atoms with E-state index in [-0.39, 0.29) is 25.0 Å². The molecule has 2 amide bonds. The Morgan fingerprint density at radius 1 is 1.32 bits per heavy atom. The van der Waals surface area contributed by atoms with Gasteiger partial charge in [0.25, 0.3) is 0 Å². The molecule has 2 N–H and O–H groups in total. The highest BCUT2D eigenvalue weighted by atomic mass is 16.5. The predicted octanol–water partition coefficient (Wildman–Crippen LogP) is -0.293. The number of nitrogens with zero attached hydrogens (tertiary/aromatic N) is 1. The van der Waals surface area contributed by atoms with Crippen molar-refractivity contribution in [1.29, 1.82) is 0 Å². The van der Waals surface area contributed by atoms with Gasteiger partial charge in [-0.25, -0.2) is 4.79 Å². The Morgan fingerprint density at radius 3 is 2.32 bits per heavy atom. The predicted molar refractivity (Wildman–Crippen MR) is 68.5 cm³/mol. The fourth-order valence-corrected chi connectivity index (χ4v) is 1.47. The number of rotatable bonds is 8. The van der Waals surface area contributed by atoms with Gasteiger partial charge >= 0.3 is 5.97 Å². The zero-order chi connectivity index (χ0) is 15.0. The van der Waals surface area contributed by atoms with E-state index in [1.54, 1.807) is 0 Å². The van der Waals surface area contributed by atoms with Crippen LogP contribution in [0.5, 0.6) is 0 Å². The number of likely N-dealkylation sites (N-methyl/N-ethyl adjacent to an activating group) is 1. The molecule has 0 heterocycles. The maximum atomic E-state index is 11.6. The highest BCUT2D eigenvalue weighted by Gasteiger charge is 2.22. The van der Waals surface area contributed by atoms with Gasteiger partial charge in [0.05, 0.1) is 6.54 Å². The normalized spacial score (nSPS) is 12.1. The topological polar surface area (TPSA) is 95.9 Å². The summed E-state index contributed by atoms with van der Waals surface area (Å²) in [7, 11) is 2.84. The summed E-state index contributed by atoms with van der Waals surface area (Å²) in [5, 5.41) is 11.4. The summed E-state index contributed by atoms with van der Waals surface area (Å²) in [6.45, 7) is 3.44. The van der Waals surface area contributed by atoms with Crippen molar-refractivity contribution < 1.29 is 24.2 Å². The minimum Gasteiger partial charge on any atom is -0.480 e. The van der Waals surface area contributed by atoms with Crippen molar-refractivity contribution in [2.75, 3.05) is 27.3 Å². The zero-order valence-electron chi connectivity index (χ0n) is 11.8. The number of ether oxygens (including phenoxy) is 1. The number of methoxy groups -OCH3 is 1. The molecule has 1 atom stereocenters. The molecule has 0 spiro atoms. The molecule has 0 aromatic rings. The van der Waals surface area contributed by atoms with E-state index in [1.807, 2.05) is 13.8 Å². The Balaban J connectivity index is 4.34. The Labute approximate surface area is 112 Å². The van der Waals surface area contributed by atoms with E-state index >= 15 is 0 Å². The third-order valence-electron chi connectivity index (χ3n) is 2.41. The van der Waals surface area contributed by atoms with Crippen LogP contribution in [0.1, 0.15) is 20.3 Å². The molecule has 0 saturated carbocycles. The monoisotopic (exact) mass is 274 g/mol. The maximum Gasteiger partial charge on any atom is 0.326 e. The summed E-state index contributed by atoms with van der Waals surface area (Å²) < 4.78 is 4.66. The third-order valence-corrected chi connectivity index (χ3v) is 2.41. The van der Waals surface area contributed by atoms with Gasteiger partial charge < -0.3 is 20.1 Å². The van der Waals surface area contributed by atoms with Gasteiger partial charge in [0, 0.05) is 14.2 Å². The van der Waals surface area contributed by atoms with Crippen LogP contribution in [0.3, 0.4) is 0 Å². The van der Waals surface area contributed by atoms with E-state index in [0.717, 1.165) is 0 Å². The van der Waals surface area contributed by atoms with Gasteiger partial charge in [0.2, 0.25) is 11.8 Å². The van der Waals surface area contributed by atoms with Crippen LogP contribution in [0.25, 0.3) is 0 Å². The van der Waals surface area contributed by atoms with E-state index in [0.29, 0.717) is 6.42 Å². The van der Waals surface area contributed by atoms with Crippen molar-refractivity contribution in [3.63, 3.8) is 0 Å². The summed E-state index contributed by atoms with van der Waals surface area (Å²) in [6.07, 6.45) is 0.344. The third kappa shape index (κ3) is 7.40. The molecule has 0 aromatic carbocycles. The molecule has 0 fully saturated rings. The molecule has 0 rings (SSSR count). The Kier molecular flexibility index (Phi) is 7.74. The summed E-state index contributed by atoms with van der Waals surface area (Å²) >= 11 is 0. The van der Waals surface area contributed by atoms with Crippen molar-refractivity contribution in [2.24, 2.45) is 5.92 Å². The van der Waals surface area contributed by atoms with Crippen LogP contribution in [0, 0.1) is 5.92 Å². The highest BCUT2D eigenvalue weighted by Crippen LogP contribution is 2.04. The van der Waals surface area contributed by atoms with Crippen molar-refractivity contribution in [2.45, 2.75) is 26.3 Å². The van der Waals surface area contributed by atoms with Gasteiger partial charge in [0.15, 0.2) is 0 Å². The number of carboxylic acids is 1. The SMILES string of the molecule is COCC(=O)N(C)CC(=O)N[C@H](CC(C)C)C(=O)O. The number of amides is 2. The lowest BCUT2D eigenvalue weighted by atomic mass is 10.0. The molecule has 0 saturated heterocycles. The van der Waals surface area contributed by atoms with E-state index in [2.05, 4.69) is 10.1 Å². The molecule has 7 heteroatoms. The molecule has 0 aromatic heterocycles. The fourth-order valence-electron chi connectivity index (χ4n) is 1.47. The Morgan fingerprint density at radius 2 is 1.89 bits per heavy atom. The Hall–Kier alpha value is -1.63. The first-order valence-corrected chi connectivity index (χ1v) is 6.03. The summed E-state index contributed by atoms with van der Waals surface area (Å²) in [5.74, 6) is -1.77. The second-order valence-corrected chi connectivity index (χ2v) is 4.77. The second kappa shape index (κ2) is 8.47. The number of nitrogens with one attached hydrogen (secondary N) is 1. The first-order chi connectivity index (χ1) is 8.77. The van der Waals surface area contributed by atoms with Crippen molar-refractivity contribution in [3.05, 3.63) is 0 Å². The van der Waals surface area contributed by atoms with E-state index in [4.69, 9.17) is 5.11 Å². The molecule has 0 radical (unpaired) electrons. The lowest BCUT2D eigenvalue weighted by Crippen LogP contribution is -2.46. The van der Waals surface area contributed by atoms with Crippen molar-refractivity contribution >= 4 is 17.8 Å². The van der Waals surface area contributed by atoms with Crippen LogP contribution in [0.15, 0.2) is 0 Å². The smallest absolute Gasteiger partial charge is 0.326 e. The van der Waals surface area contributed by atoms with Crippen LogP contribution in [-0.4, -0.2) is 61.1 Å². The first kappa shape index (κ1) is 17.4. The first-order valence-electron chi connectivity index (χ1n) is 6.03. The maximum absolute atomic E-state index is 11.6. The van der Waals surface area contributed by atoms with Crippen LogP contribution >= 0.6 is 0 Å². The van der Waals surface area contributed by atoms with E-state index < -0.39 is 17.9 Å². The molecule has 0 unspecified atom stereocenters. The highest BCUT2D eigenvalue weighted by molar-refractivity contribution is 5.88. The lowest BCUT2D eigenvalue weighted by molar-refractivity contribution is -0.143. The summed E-state index contributed by atoms with van der Waals surface area (Å²) in [5.41, 5.74) is 0. The summed E-state index contributed by atoms with van der Waals surface area (Å²) in [6, 6.07) is -0.932. The Bertz CT molecular complexity index is 330. The van der Waals surface area contributed by atoms with Gasteiger partial charge in [-0.3, -0.25) is 9.59 Å². The summed E-state index contributed by atoms with van der Waals surface area (Å²) in [4.78, 5) is 35.2. The zero-order valence-corrected chi connectivity index (χ0v) is 11.8. The fraction of sp³-hybridized carbons (Fsp3) is 0.750. The van der Waals surface area contributed by atoms with E-state index in [9.17, 15) is 14.4 Å².